The van der Waals surface area contributed by atoms with E-state index in [9.17, 15) is 9.59 Å². The van der Waals surface area contributed by atoms with E-state index < -0.39 is 0 Å². The van der Waals surface area contributed by atoms with Crippen LogP contribution >= 0.6 is 0 Å². The predicted octanol–water partition coefficient (Wildman–Crippen LogP) is 1.71. The van der Waals surface area contributed by atoms with Gasteiger partial charge >= 0.3 is 6.03 Å². The molecule has 5 rings (SSSR count). The maximum Gasteiger partial charge on any atom is 0.322 e. The van der Waals surface area contributed by atoms with Crippen LogP contribution in [-0.4, -0.2) is 72.6 Å². The number of piperazine rings is 1. The number of hydrogen-bond acceptors (Lipinski definition) is 6. The Hall–Kier alpha value is -3.20. The second-order valence-electron chi connectivity index (χ2n) is 9.60. The van der Waals surface area contributed by atoms with Crippen LogP contribution in [0.3, 0.4) is 0 Å². The molecule has 3 amide bonds. The lowest BCUT2D eigenvalue weighted by molar-refractivity contribution is -0.120. The largest absolute Gasteiger partial charge is 0.353 e. The van der Waals surface area contributed by atoms with Crippen molar-refractivity contribution in [2.45, 2.75) is 36.8 Å². The van der Waals surface area contributed by atoms with Crippen molar-refractivity contribution >= 4 is 23.6 Å². The lowest BCUT2D eigenvalue weighted by Gasteiger charge is -2.48. The molecule has 0 unspecified atom stereocenters. The zero-order valence-electron chi connectivity index (χ0n) is 19.3. The van der Waals surface area contributed by atoms with E-state index in [2.05, 4.69) is 69.9 Å². The summed E-state index contributed by atoms with van der Waals surface area (Å²) >= 11 is 0. The van der Waals surface area contributed by atoms with E-state index in [-0.39, 0.29) is 29.6 Å². The van der Waals surface area contributed by atoms with Gasteiger partial charge in [0.15, 0.2) is 0 Å². The van der Waals surface area contributed by atoms with Gasteiger partial charge in [0.2, 0.25) is 11.9 Å². The van der Waals surface area contributed by atoms with Crippen LogP contribution in [-0.2, 0) is 10.3 Å². The van der Waals surface area contributed by atoms with Gasteiger partial charge in [-0.15, -0.1) is 0 Å². The molecule has 1 aliphatic carbocycles. The number of rotatable bonds is 4. The summed E-state index contributed by atoms with van der Waals surface area (Å²) in [6.07, 6.45) is 7.14. The van der Waals surface area contributed by atoms with Gasteiger partial charge in [-0.25, -0.2) is 14.8 Å². The fraction of sp³-hybridized carbons (Fsp3) is 0.500. The van der Waals surface area contributed by atoms with Crippen molar-refractivity contribution in [3.8, 4) is 0 Å². The molecule has 1 spiro atoms. The van der Waals surface area contributed by atoms with Crippen LogP contribution in [0.2, 0.25) is 0 Å². The SMILES string of the molecule is CN(C)[C@]1(c2ccccc2)CC[C@@]2(CC1)CN(c1cnc(N3CCNC(=O)C3)nc1)C(=O)N2. The number of hydrogen-bond donors (Lipinski definition) is 2. The third kappa shape index (κ3) is 3.90. The van der Waals surface area contributed by atoms with Crippen molar-refractivity contribution in [2.75, 3.05) is 50.1 Å². The lowest BCUT2D eigenvalue weighted by Crippen LogP contribution is -2.54. The van der Waals surface area contributed by atoms with Gasteiger partial charge in [-0.1, -0.05) is 30.3 Å². The maximum atomic E-state index is 12.9. The standard InChI is InChI=1S/C24H31N7O2/c1-29(2)24(18-6-4-3-5-7-18)10-8-23(9-11-24)17-31(22(33)28-23)19-14-26-21(27-15-19)30-13-12-25-20(32)16-30/h3-7,14-15H,8-13,16-17H2,1-2H3,(H,25,32)(H,28,33)/t23-,24-. The monoisotopic (exact) mass is 449 g/mol. The van der Waals surface area contributed by atoms with Gasteiger partial charge in [-0.05, 0) is 45.3 Å². The number of anilines is 2. The molecule has 2 aliphatic heterocycles. The molecule has 1 aromatic carbocycles. The molecule has 0 radical (unpaired) electrons. The van der Waals surface area contributed by atoms with Crippen molar-refractivity contribution in [2.24, 2.45) is 0 Å². The first-order chi connectivity index (χ1) is 15.9. The predicted molar refractivity (Wildman–Crippen MR) is 126 cm³/mol. The molecule has 3 fully saturated rings. The summed E-state index contributed by atoms with van der Waals surface area (Å²) in [6, 6.07) is 10.6. The summed E-state index contributed by atoms with van der Waals surface area (Å²) in [7, 11) is 4.30. The van der Waals surface area contributed by atoms with E-state index in [0.717, 1.165) is 25.7 Å². The molecular formula is C24H31N7O2. The summed E-state index contributed by atoms with van der Waals surface area (Å²) in [5.74, 6) is 0.482. The molecule has 3 aliphatic rings. The van der Waals surface area contributed by atoms with E-state index in [0.29, 0.717) is 31.3 Å². The minimum Gasteiger partial charge on any atom is -0.353 e. The minimum absolute atomic E-state index is 0.0177. The zero-order chi connectivity index (χ0) is 23.1. The van der Waals surface area contributed by atoms with E-state index >= 15 is 0 Å². The second kappa shape index (κ2) is 8.30. The van der Waals surface area contributed by atoms with Crippen molar-refractivity contribution in [1.82, 2.24) is 25.5 Å². The van der Waals surface area contributed by atoms with Crippen LogP contribution in [0.4, 0.5) is 16.4 Å². The van der Waals surface area contributed by atoms with Gasteiger partial charge in [0.05, 0.1) is 36.7 Å². The average molecular weight is 450 g/mol. The van der Waals surface area contributed by atoms with Gasteiger partial charge in [0, 0.05) is 18.6 Å². The fourth-order valence-electron chi connectivity index (χ4n) is 5.51. The second-order valence-corrected chi connectivity index (χ2v) is 9.60. The summed E-state index contributed by atoms with van der Waals surface area (Å²) in [6.45, 7) is 2.12. The van der Waals surface area contributed by atoms with Gasteiger partial charge in [0.1, 0.15) is 0 Å². The number of benzene rings is 1. The van der Waals surface area contributed by atoms with E-state index in [1.54, 1.807) is 17.3 Å². The Bertz CT molecular complexity index is 1020. The van der Waals surface area contributed by atoms with Crippen LogP contribution in [0.1, 0.15) is 31.2 Å². The molecule has 1 saturated carbocycles. The number of carbonyl (C=O) groups excluding carboxylic acids is 2. The summed E-state index contributed by atoms with van der Waals surface area (Å²) in [5.41, 5.74) is 1.76. The topological polar surface area (TPSA) is 93.7 Å². The van der Waals surface area contributed by atoms with Gasteiger partial charge in [-0.2, -0.15) is 0 Å². The fourth-order valence-corrected chi connectivity index (χ4v) is 5.51. The molecule has 9 heteroatoms. The highest BCUT2D eigenvalue weighted by atomic mass is 16.2. The molecule has 2 N–H and O–H groups in total. The molecule has 9 nitrogen and oxygen atoms in total. The number of nitrogens with zero attached hydrogens (tertiary/aromatic N) is 5. The number of aromatic nitrogens is 2. The number of carbonyl (C=O) groups is 2. The number of amides is 3. The van der Waals surface area contributed by atoms with Crippen molar-refractivity contribution in [1.29, 1.82) is 0 Å². The highest BCUT2D eigenvalue weighted by molar-refractivity contribution is 5.95. The molecule has 3 heterocycles. The van der Waals surface area contributed by atoms with Crippen LogP contribution < -0.4 is 20.4 Å². The van der Waals surface area contributed by atoms with Gasteiger partial charge < -0.3 is 15.5 Å². The first-order valence-electron chi connectivity index (χ1n) is 11.6. The first-order valence-corrected chi connectivity index (χ1v) is 11.6. The zero-order valence-corrected chi connectivity index (χ0v) is 19.3. The molecule has 2 aromatic rings. The summed E-state index contributed by atoms with van der Waals surface area (Å²) in [4.78, 5) is 39.4. The Morgan fingerprint density at radius 2 is 1.70 bits per heavy atom. The first kappa shape index (κ1) is 21.6. The number of nitrogens with one attached hydrogen (secondary N) is 2. The highest BCUT2D eigenvalue weighted by Crippen LogP contribution is 2.46. The quantitative estimate of drug-likeness (QED) is 0.738. The van der Waals surface area contributed by atoms with Gasteiger partial charge in [0.25, 0.3) is 0 Å². The van der Waals surface area contributed by atoms with Crippen LogP contribution in [0.5, 0.6) is 0 Å². The lowest BCUT2D eigenvalue weighted by atomic mass is 9.69. The summed E-state index contributed by atoms with van der Waals surface area (Å²) < 4.78 is 0. The summed E-state index contributed by atoms with van der Waals surface area (Å²) in [5, 5.41) is 6.08. The number of urea groups is 1. The molecule has 0 bridgehead atoms. The Labute approximate surface area is 194 Å². The van der Waals surface area contributed by atoms with Crippen molar-refractivity contribution < 1.29 is 9.59 Å². The molecule has 33 heavy (non-hydrogen) atoms. The smallest absolute Gasteiger partial charge is 0.322 e. The molecule has 1 aromatic heterocycles. The van der Waals surface area contributed by atoms with Gasteiger partial charge in [-0.3, -0.25) is 14.6 Å². The van der Waals surface area contributed by atoms with Crippen molar-refractivity contribution in [3.05, 3.63) is 48.3 Å². The Balaban J connectivity index is 1.29. The minimum atomic E-state index is -0.241. The van der Waals surface area contributed by atoms with Crippen LogP contribution in [0, 0.1) is 0 Å². The van der Waals surface area contributed by atoms with Crippen molar-refractivity contribution in [3.63, 3.8) is 0 Å². The molecular weight excluding hydrogens is 418 g/mol. The Morgan fingerprint density at radius 3 is 2.33 bits per heavy atom. The van der Waals surface area contributed by atoms with Crippen LogP contribution in [0.15, 0.2) is 42.7 Å². The van der Waals surface area contributed by atoms with E-state index in [4.69, 9.17) is 0 Å². The average Bonchev–Trinajstić information content (AvgIpc) is 3.16. The molecule has 0 atom stereocenters. The third-order valence-electron chi connectivity index (χ3n) is 7.54. The van der Waals surface area contributed by atoms with E-state index in [1.807, 2.05) is 4.90 Å². The highest BCUT2D eigenvalue weighted by Gasteiger charge is 2.50. The normalized spacial score (nSPS) is 27.7. The third-order valence-corrected chi connectivity index (χ3v) is 7.54. The Kier molecular flexibility index (Phi) is 5.44. The van der Waals surface area contributed by atoms with E-state index in [1.165, 1.54) is 5.56 Å². The maximum absolute atomic E-state index is 12.9. The molecule has 174 valence electrons. The Morgan fingerprint density at radius 1 is 1.00 bits per heavy atom. The molecule has 2 saturated heterocycles. The van der Waals surface area contributed by atoms with Crippen LogP contribution in [0.25, 0.3) is 0 Å².